The van der Waals surface area contributed by atoms with Crippen LogP contribution in [0.4, 0.5) is 0 Å². The van der Waals surface area contributed by atoms with Gasteiger partial charge < -0.3 is 14.2 Å². The fourth-order valence-corrected chi connectivity index (χ4v) is 2.51. The van der Waals surface area contributed by atoms with E-state index in [1.807, 2.05) is 30.3 Å². The zero-order chi connectivity index (χ0) is 15.8. The molecule has 2 heterocycles. The lowest BCUT2D eigenvalue weighted by Gasteiger charge is -2.01. The minimum absolute atomic E-state index is 0.157. The summed E-state index contributed by atoms with van der Waals surface area (Å²) in [6.45, 7) is 0.157. The van der Waals surface area contributed by atoms with E-state index in [9.17, 15) is 4.79 Å². The van der Waals surface area contributed by atoms with Crippen LogP contribution >= 0.6 is 11.6 Å². The predicted octanol–water partition coefficient (Wildman–Crippen LogP) is 3.41. The van der Waals surface area contributed by atoms with Crippen molar-refractivity contribution in [1.29, 1.82) is 0 Å². The average molecular weight is 328 g/mol. The fourth-order valence-electron chi connectivity index (χ4n) is 2.30. The molecule has 0 bridgehead atoms. The van der Waals surface area contributed by atoms with E-state index in [2.05, 4.69) is 4.99 Å². The number of hydrogen-bond donors (Lipinski definition) is 0. The molecule has 0 amide bonds. The van der Waals surface area contributed by atoms with E-state index in [0.29, 0.717) is 22.1 Å². The van der Waals surface area contributed by atoms with Gasteiger partial charge in [0.25, 0.3) is 0 Å². The maximum atomic E-state index is 12.0. The van der Waals surface area contributed by atoms with Gasteiger partial charge in [0, 0.05) is 11.6 Å². The summed E-state index contributed by atoms with van der Waals surface area (Å²) < 4.78 is 15.8. The second-order valence-corrected chi connectivity index (χ2v) is 5.34. The number of rotatable bonds is 2. The van der Waals surface area contributed by atoms with Crippen LogP contribution in [0.25, 0.3) is 6.08 Å². The number of carbonyl (C=O) groups is 1. The third-order valence-electron chi connectivity index (χ3n) is 3.43. The van der Waals surface area contributed by atoms with Crippen molar-refractivity contribution in [1.82, 2.24) is 0 Å². The standard InChI is InChI=1S/C17H10ClNO4/c18-12-8-15-14(21-9-22-15)7-11(12)6-13-17(20)23-16(19-13)10-4-2-1-3-5-10/h1-8H,9H2. The van der Waals surface area contributed by atoms with Gasteiger partial charge in [-0.15, -0.1) is 0 Å². The van der Waals surface area contributed by atoms with Crippen LogP contribution in [0, 0.1) is 0 Å². The molecule has 0 aliphatic carbocycles. The van der Waals surface area contributed by atoms with E-state index in [1.54, 1.807) is 18.2 Å². The van der Waals surface area contributed by atoms with E-state index in [0.717, 1.165) is 5.56 Å². The lowest BCUT2D eigenvalue weighted by atomic mass is 10.1. The summed E-state index contributed by atoms with van der Waals surface area (Å²) >= 11 is 6.21. The van der Waals surface area contributed by atoms with E-state index in [1.165, 1.54) is 0 Å². The van der Waals surface area contributed by atoms with Crippen LogP contribution in [0.5, 0.6) is 11.5 Å². The Labute approximate surface area is 136 Å². The minimum Gasteiger partial charge on any atom is -0.454 e. The Kier molecular flexibility index (Phi) is 3.28. The van der Waals surface area contributed by atoms with Crippen molar-refractivity contribution in [3.63, 3.8) is 0 Å². The maximum Gasteiger partial charge on any atom is 0.363 e. The highest BCUT2D eigenvalue weighted by Gasteiger charge is 2.25. The van der Waals surface area contributed by atoms with Crippen LogP contribution in [0.15, 0.2) is 53.2 Å². The van der Waals surface area contributed by atoms with Gasteiger partial charge in [0.2, 0.25) is 12.7 Å². The number of fused-ring (bicyclic) bond motifs is 1. The van der Waals surface area contributed by atoms with Crippen LogP contribution in [-0.2, 0) is 9.53 Å². The first-order chi connectivity index (χ1) is 11.2. The summed E-state index contributed by atoms with van der Waals surface area (Å²) in [5, 5.41) is 0.443. The molecule has 2 aliphatic heterocycles. The number of benzene rings is 2. The Hall–Kier alpha value is -2.79. The first-order valence-corrected chi connectivity index (χ1v) is 7.25. The molecule has 0 radical (unpaired) electrons. The lowest BCUT2D eigenvalue weighted by molar-refractivity contribution is -0.129. The molecular weight excluding hydrogens is 318 g/mol. The van der Waals surface area contributed by atoms with Crippen LogP contribution in [0.2, 0.25) is 5.02 Å². The van der Waals surface area contributed by atoms with Crippen molar-refractivity contribution in [2.45, 2.75) is 0 Å². The largest absolute Gasteiger partial charge is 0.454 e. The highest BCUT2D eigenvalue weighted by atomic mass is 35.5. The van der Waals surface area contributed by atoms with E-state index >= 15 is 0 Å². The lowest BCUT2D eigenvalue weighted by Crippen LogP contribution is -2.04. The molecule has 0 fully saturated rings. The molecule has 0 N–H and O–H groups in total. The van der Waals surface area contributed by atoms with Crippen molar-refractivity contribution in [2.24, 2.45) is 4.99 Å². The van der Waals surface area contributed by atoms with Gasteiger partial charge in [0.1, 0.15) is 0 Å². The molecule has 5 nitrogen and oxygen atoms in total. The van der Waals surface area contributed by atoms with E-state index in [-0.39, 0.29) is 18.4 Å². The second kappa shape index (κ2) is 5.44. The van der Waals surface area contributed by atoms with Crippen molar-refractivity contribution in [2.75, 3.05) is 6.79 Å². The van der Waals surface area contributed by atoms with Gasteiger partial charge in [0.15, 0.2) is 17.2 Å². The van der Waals surface area contributed by atoms with Gasteiger partial charge in [-0.2, -0.15) is 0 Å². The molecule has 0 spiro atoms. The third kappa shape index (κ3) is 2.55. The van der Waals surface area contributed by atoms with Crippen molar-refractivity contribution in [3.05, 3.63) is 64.3 Å². The summed E-state index contributed by atoms with van der Waals surface area (Å²) in [5.74, 6) is 0.927. The highest BCUT2D eigenvalue weighted by molar-refractivity contribution is 6.32. The first kappa shape index (κ1) is 13.8. The van der Waals surface area contributed by atoms with E-state index in [4.69, 9.17) is 25.8 Å². The van der Waals surface area contributed by atoms with Gasteiger partial charge in [-0.3, -0.25) is 0 Å². The topological polar surface area (TPSA) is 57.1 Å². The molecule has 2 aromatic rings. The average Bonchev–Trinajstić information content (AvgIpc) is 3.15. The third-order valence-corrected chi connectivity index (χ3v) is 3.75. The molecule has 6 heteroatoms. The fraction of sp³-hybridized carbons (Fsp3) is 0.0588. The molecule has 0 aromatic heterocycles. The number of halogens is 1. The van der Waals surface area contributed by atoms with Crippen LogP contribution in [0.3, 0.4) is 0 Å². The first-order valence-electron chi connectivity index (χ1n) is 6.88. The summed E-state index contributed by atoms with van der Waals surface area (Å²) in [6.07, 6.45) is 1.57. The Balaban J connectivity index is 1.71. The maximum absolute atomic E-state index is 12.0. The summed E-state index contributed by atoms with van der Waals surface area (Å²) in [4.78, 5) is 16.2. The number of carbonyl (C=O) groups excluding carboxylic acids is 1. The molecule has 0 saturated carbocycles. The summed E-state index contributed by atoms with van der Waals surface area (Å²) in [5.41, 5.74) is 1.53. The smallest absolute Gasteiger partial charge is 0.363 e. The Morgan fingerprint density at radius 2 is 1.83 bits per heavy atom. The molecular formula is C17H10ClNO4. The predicted molar refractivity (Wildman–Crippen MR) is 84.6 cm³/mol. The Morgan fingerprint density at radius 3 is 2.61 bits per heavy atom. The Morgan fingerprint density at radius 1 is 1.09 bits per heavy atom. The summed E-state index contributed by atoms with van der Waals surface area (Å²) in [6, 6.07) is 12.6. The number of nitrogens with zero attached hydrogens (tertiary/aromatic N) is 1. The van der Waals surface area contributed by atoms with Crippen LogP contribution in [-0.4, -0.2) is 18.7 Å². The van der Waals surface area contributed by atoms with E-state index < -0.39 is 5.97 Å². The molecule has 0 unspecified atom stereocenters. The molecule has 114 valence electrons. The van der Waals surface area contributed by atoms with Gasteiger partial charge in [0.05, 0.1) is 5.02 Å². The molecule has 2 aromatic carbocycles. The van der Waals surface area contributed by atoms with Crippen LogP contribution in [0.1, 0.15) is 11.1 Å². The number of ether oxygens (including phenoxy) is 3. The second-order valence-electron chi connectivity index (χ2n) is 4.93. The van der Waals surface area contributed by atoms with Gasteiger partial charge in [-0.1, -0.05) is 29.8 Å². The molecule has 0 atom stereocenters. The summed E-state index contributed by atoms with van der Waals surface area (Å²) in [7, 11) is 0. The van der Waals surface area contributed by atoms with Crippen molar-refractivity contribution >= 4 is 29.5 Å². The normalized spacial score (nSPS) is 17.3. The van der Waals surface area contributed by atoms with Gasteiger partial charge in [-0.05, 0) is 29.8 Å². The quantitative estimate of drug-likeness (QED) is 0.626. The number of aliphatic imine (C=N–C) groups is 1. The van der Waals surface area contributed by atoms with Crippen molar-refractivity contribution in [3.8, 4) is 11.5 Å². The highest BCUT2D eigenvalue weighted by Crippen LogP contribution is 2.37. The molecule has 23 heavy (non-hydrogen) atoms. The molecule has 4 rings (SSSR count). The zero-order valence-electron chi connectivity index (χ0n) is 11.8. The van der Waals surface area contributed by atoms with Gasteiger partial charge in [-0.25, -0.2) is 9.79 Å². The number of esters is 1. The molecule has 0 saturated heterocycles. The number of cyclic esters (lactones) is 1. The zero-order valence-corrected chi connectivity index (χ0v) is 12.5. The van der Waals surface area contributed by atoms with Crippen molar-refractivity contribution < 1.29 is 19.0 Å². The molecule has 2 aliphatic rings. The Bertz CT molecular complexity index is 858. The van der Waals surface area contributed by atoms with Crippen LogP contribution < -0.4 is 9.47 Å². The SMILES string of the molecule is O=C1OC(c2ccccc2)=NC1=Cc1cc2c(cc1Cl)OCO2. The minimum atomic E-state index is -0.516. The van der Waals surface area contributed by atoms with Gasteiger partial charge >= 0.3 is 5.97 Å². The monoisotopic (exact) mass is 327 g/mol. The number of hydrogen-bond acceptors (Lipinski definition) is 5.